The summed E-state index contributed by atoms with van der Waals surface area (Å²) in [6, 6.07) is 14.2. The van der Waals surface area contributed by atoms with Crippen molar-refractivity contribution >= 4 is 31.9 Å². The van der Waals surface area contributed by atoms with E-state index in [1.165, 1.54) is 12.1 Å². The molecule has 0 aliphatic heterocycles. The standard InChI is InChI=1S/C17H13Br2FN2O/c1-23-10-22-16(11-5-7-12(20)8-6-11)9-15(21-22)17-13(18)3-2-4-14(17)19/h2-9H,10H2,1H3. The molecule has 3 aromatic rings. The molecule has 118 valence electrons. The van der Waals surface area contributed by atoms with Gasteiger partial charge in [0.25, 0.3) is 0 Å². The van der Waals surface area contributed by atoms with Gasteiger partial charge in [0, 0.05) is 27.2 Å². The molecule has 0 aliphatic rings. The van der Waals surface area contributed by atoms with Crippen molar-refractivity contribution in [3.05, 3.63) is 63.3 Å². The van der Waals surface area contributed by atoms with E-state index in [0.29, 0.717) is 6.73 Å². The van der Waals surface area contributed by atoms with E-state index in [4.69, 9.17) is 4.74 Å². The first-order valence-corrected chi connectivity index (χ1v) is 8.46. The molecule has 1 aromatic heterocycles. The first-order valence-electron chi connectivity index (χ1n) is 6.87. The summed E-state index contributed by atoms with van der Waals surface area (Å²) in [6.07, 6.45) is 0. The molecular weight excluding hydrogens is 427 g/mol. The number of hydrogen-bond donors (Lipinski definition) is 0. The molecule has 0 saturated heterocycles. The van der Waals surface area contributed by atoms with Crippen molar-refractivity contribution in [2.75, 3.05) is 7.11 Å². The van der Waals surface area contributed by atoms with Gasteiger partial charge < -0.3 is 4.74 Å². The fourth-order valence-electron chi connectivity index (χ4n) is 2.36. The Morgan fingerprint density at radius 3 is 2.35 bits per heavy atom. The lowest BCUT2D eigenvalue weighted by Crippen LogP contribution is -2.04. The Kier molecular flexibility index (Phi) is 4.94. The van der Waals surface area contributed by atoms with Gasteiger partial charge in [-0.1, -0.05) is 37.9 Å². The third kappa shape index (κ3) is 3.39. The van der Waals surface area contributed by atoms with E-state index in [0.717, 1.165) is 31.5 Å². The maximum atomic E-state index is 13.2. The molecule has 0 bridgehead atoms. The molecule has 0 aliphatic carbocycles. The number of rotatable bonds is 4. The molecule has 6 heteroatoms. The van der Waals surface area contributed by atoms with Crippen molar-refractivity contribution in [2.45, 2.75) is 6.73 Å². The molecule has 3 nitrogen and oxygen atoms in total. The highest BCUT2D eigenvalue weighted by atomic mass is 79.9. The summed E-state index contributed by atoms with van der Waals surface area (Å²) in [5.41, 5.74) is 3.52. The molecule has 23 heavy (non-hydrogen) atoms. The van der Waals surface area contributed by atoms with Gasteiger partial charge in [-0.05, 0) is 42.5 Å². The zero-order valence-corrected chi connectivity index (χ0v) is 15.4. The van der Waals surface area contributed by atoms with E-state index in [-0.39, 0.29) is 5.82 Å². The van der Waals surface area contributed by atoms with Crippen LogP contribution in [0.5, 0.6) is 0 Å². The van der Waals surface area contributed by atoms with Crippen LogP contribution in [-0.4, -0.2) is 16.9 Å². The number of nitrogens with zero attached hydrogens (tertiary/aromatic N) is 2. The second-order valence-corrected chi connectivity index (χ2v) is 6.64. The number of halogens is 3. The minimum Gasteiger partial charge on any atom is -0.362 e. The molecule has 0 amide bonds. The summed E-state index contributed by atoms with van der Waals surface area (Å²) >= 11 is 7.12. The number of aromatic nitrogens is 2. The fraction of sp³-hybridized carbons (Fsp3) is 0.118. The topological polar surface area (TPSA) is 27.1 Å². The molecule has 1 heterocycles. The average molecular weight is 440 g/mol. The van der Waals surface area contributed by atoms with Crippen LogP contribution in [0, 0.1) is 5.82 Å². The van der Waals surface area contributed by atoms with Crippen LogP contribution in [0.15, 0.2) is 57.5 Å². The van der Waals surface area contributed by atoms with Crippen LogP contribution in [-0.2, 0) is 11.5 Å². The smallest absolute Gasteiger partial charge is 0.139 e. The summed E-state index contributed by atoms with van der Waals surface area (Å²) in [5, 5.41) is 4.63. The van der Waals surface area contributed by atoms with E-state index in [1.54, 1.807) is 23.9 Å². The number of methoxy groups -OCH3 is 1. The first-order chi connectivity index (χ1) is 11.1. The summed E-state index contributed by atoms with van der Waals surface area (Å²) in [7, 11) is 1.62. The minimum atomic E-state index is -0.264. The van der Waals surface area contributed by atoms with Gasteiger partial charge in [-0.25, -0.2) is 9.07 Å². The molecule has 0 spiro atoms. The predicted molar refractivity (Wildman–Crippen MR) is 95.5 cm³/mol. The van der Waals surface area contributed by atoms with Gasteiger partial charge in [-0.3, -0.25) is 0 Å². The van der Waals surface area contributed by atoms with Crippen LogP contribution >= 0.6 is 31.9 Å². The number of hydrogen-bond acceptors (Lipinski definition) is 2. The first kappa shape index (κ1) is 16.4. The van der Waals surface area contributed by atoms with E-state index in [2.05, 4.69) is 37.0 Å². The fourth-order valence-corrected chi connectivity index (χ4v) is 3.76. The summed E-state index contributed by atoms with van der Waals surface area (Å²) in [4.78, 5) is 0. The molecular formula is C17H13Br2FN2O. The Labute approximate surface area is 150 Å². The second kappa shape index (κ2) is 6.95. The Morgan fingerprint density at radius 2 is 1.74 bits per heavy atom. The molecule has 0 radical (unpaired) electrons. The predicted octanol–water partition coefficient (Wildman–Crippen LogP) is 5.49. The van der Waals surface area contributed by atoms with E-state index >= 15 is 0 Å². The van der Waals surface area contributed by atoms with Gasteiger partial charge in [0.2, 0.25) is 0 Å². The monoisotopic (exact) mass is 438 g/mol. The van der Waals surface area contributed by atoms with Crippen molar-refractivity contribution in [3.8, 4) is 22.5 Å². The molecule has 0 unspecified atom stereocenters. The van der Waals surface area contributed by atoms with Crippen LogP contribution in [0.25, 0.3) is 22.5 Å². The second-order valence-electron chi connectivity index (χ2n) is 4.94. The maximum Gasteiger partial charge on any atom is 0.139 e. The maximum absolute atomic E-state index is 13.2. The van der Waals surface area contributed by atoms with Crippen LogP contribution in [0.4, 0.5) is 4.39 Å². The number of benzene rings is 2. The van der Waals surface area contributed by atoms with Crippen molar-refractivity contribution in [3.63, 3.8) is 0 Å². The Morgan fingerprint density at radius 1 is 1.09 bits per heavy atom. The van der Waals surface area contributed by atoms with E-state index < -0.39 is 0 Å². The lowest BCUT2D eigenvalue weighted by molar-refractivity contribution is 0.122. The molecule has 0 N–H and O–H groups in total. The lowest BCUT2D eigenvalue weighted by atomic mass is 10.1. The zero-order valence-electron chi connectivity index (χ0n) is 12.3. The van der Waals surface area contributed by atoms with Crippen molar-refractivity contribution in [1.29, 1.82) is 0 Å². The zero-order chi connectivity index (χ0) is 16.4. The largest absolute Gasteiger partial charge is 0.362 e. The number of ether oxygens (including phenoxy) is 1. The Hall–Kier alpha value is -1.50. The normalized spacial score (nSPS) is 11.0. The summed E-state index contributed by atoms with van der Waals surface area (Å²) in [5.74, 6) is -0.264. The van der Waals surface area contributed by atoms with Gasteiger partial charge in [0.15, 0.2) is 0 Å². The van der Waals surface area contributed by atoms with Gasteiger partial charge in [-0.15, -0.1) is 0 Å². The summed E-state index contributed by atoms with van der Waals surface area (Å²) in [6.45, 7) is 0.314. The molecule has 0 saturated carbocycles. The minimum absolute atomic E-state index is 0.264. The molecule has 3 rings (SSSR count). The summed E-state index contributed by atoms with van der Waals surface area (Å²) < 4.78 is 22.0. The quantitative estimate of drug-likeness (QED) is 0.537. The van der Waals surface area contributed by atoms with Crippen LogP contribution in [0.2, 0.25) is 0 Å². The third-order valence-electron chi connectivity index (χ3n) is 3.39. The third-order valence-corrected chi connectivity index (χ3v) is 4.71. The van der Waals surface area contributed by atoms with E-state index in [9.17, 15) is 4.39 Å². The van der Waals surface area contributed by atoms with Gasteiger partial charge >= 0.3 is 0 Å². The van der Waals surface area contributed by atoms with Crippen LogP contribution in [0.1, 0.15) is 0 Å². The van der Waals surface area contributed by atoms with Crippen LogP contribution < -0.4 is 0 Å². The molecule has 0 fully saturated rings. The SMILES string of the molecule is COCn1nc(-c2c(Br)cccc2Br)cc1-c1ccc(F)cc1. The lowest BCUT2D eigenvalue weighted by Gasteiger charge is -2.06. The molecule has 0 atom stereocenters. The average Bonchev–Trinajstić information content (AvgIpc) is 2.92. The highest BCUT2D eigenvalue weighted by Crippen LogP contribution is 2.36. The van der Waals surface area contributed by atoms with Gasteiger partial charge in [0.05, 0.1) is 11.4 Å². The van der Waals surface area contributed by atoms with Crippen LogP contribution in [0.3, 0.4) is 0 Å². The highest BCUT2D eigenvalue weighted by Gasteiger charge is 2.15. The van der Waals surface area contributed by atoms with Crippen molar-refractivity contribution in [2.24, 2.45) is 0 Å². The van der Waals surface area contributed by atoms with Gasteiger partial charge in [0.1, 0.15) is 12.5 Å². The van der Waals surface area contributed by atoms with Crippen molar-refractivity contribution in [1.82, 2.24) is 9.78 Å². The van der Waals surface area contributed by atoms with Gasteiger partial charge in [-0.2, -0.15) is 5.10 Å². The Balaban J connectivity index is 2.14. The Bertz CT molecular complexity index is 811. The highest BCUT2D eigenvalue weighted by molar-refractivity contribution is 9.11. The van der Waals surface area contributed by atoms with E-state index in [1.807, 2.05) is 24.3 Å². The van der Waals surface area contributed by atoms with Crippen molar-refractivity contribution < 1.29 is 9.13 Å². The molecule has 2 aromatic carbocycles.